The maximum Gasteiger partial charge on any atom is 0.221 e. The lowest BCUT2D eigenvalue weighted by Gasteiger charge is -2.10. The van der Waals surface area contributed by atoms with Gasteiger partial charge in [-0.1, -0.05) is 6.07 Å². The van der Waals surface area contributed by atoms with E-state index in [1.807, 2.05) is 6.07 Å². The van der Waals surface area contributed by atoms with Crippen molar-refractivity contribution in [3.8, 4) is 17.0 Å². The Morgan fingerprint density at radius 1 is 1.29 bits per heavy atom. The molecular weight excluding hydrogens is 221 g/mol. The van der Waals surface area contributed by atoms with E-state index in [-0.39, 0.29) is 12.4 Å². The number of aromatic nitrogens is 1. The van der Waals surface area contributed by atoms with Gasteiger partial charge in [-0.3, -0.25) is 0 Å². The minimum atomic E-state index is -0.374. The van der Waals surface area contributed by atoms with Gasteiger partial charge >= 0.3 is 0 Å². The molecule has 2 aromatic rings. The van der Waals surface area contributed by atoms with Crippen molar-refractivity contribution < 1.29 is 14.2 Å². The first kappa shape index (κ1) is 11.5. The SMILES string of the molecule is COc1ncccc1-c1ccc(F)cc1CO. The van der Waals surface area contributed by atoms with E-state index in [2.05, 4.69) is 4.98 Å². The first-order chi connectivity index (χ1) is 8.26. The molecule has 1 aromatic carbocycles. The third kappa shape index (κ3) is 2.26. The van der Waals surface area contributed by atoms with Gasteiger partial charge in [0, 0.05) is 11.8 Å². The van der Waals surface area contributed by atoms with Crippen molar-refractivity contribution in [2.75, 3.05) is 7.11 Å². The molecule has 0 aliphatic heterocycles. The molecule has 0 saturated carbocycles. The Bertz CT molecular complexity index is 529. The van der Waals surface area contributed by atoms with Gasteiger partial charge < -0.3 is 9.84 Å². The Labute approximate surface area is 98.5 Å². The molecule has 1 aromatic heterocycles. The summed E-state index contributed by atoms with van der Waals surface area (Å²) in [5.41, 5.74) is 1.97. The van der Waals surface area contributed by atoms with E-state index in [9.17, 15) is 9.50 Å². The molecule has 0 amide bonds. The van der Waals surface area contributed by atoms with Crippen molar-refractivity contribution in [2.24, 2.45) is 0 Å². The Hall–Kier alpha value is -1.94. The summed E-state index contributed by atoms with van der Waals surface area (Å²) in [6, 6.07) is 7.85. The fourth-order valence-electron chi connectivity index (χ4n) is 1.71. The monoisotopic (exact) mass is 233 g/mol. The molecule has 0 unspecified atom stereocenters. The highest BCUT2D eigenvalue weighted by Crippen LogP contribution is 2.30. The summed E-state index contributed by atoms with van der Waals surface area (Å²) in [6.07, 6.45) is 1.62. The van der Waals surface area contributed by atoms with Crippen LogP contribution in [0.25, 0.3) is 11.1 Å². The van der Waals surface area contributed by atoms with Crippen LogP contribution in [0.4, 0.5) is 4.39 Å². The maximum absolute atomic E-state index is 13.1. The molecule has 0 radical (unpaired) electrons. The summed E-state index contributed by atoms with van der Waals surface area (Å²) >= 11 is 0. The number of nitrogens with zero attached hydrogens (tertiary/aromatic N) is 1. The largest absolute Gasteiger partial charge is 0.481 e. The van der Waals surface area contributed by atoms with Crippen LogP contribution < -0.4 is 4.74 Å². The summed E-state index contributed by atoms with van der Waals surface area (Å²) in [7, 11) is 1.52. The van der Waals surface area contributed by atoms with Crippen LogP contribution in [0.2, 0.25) is 0 Å². The summed E-state index contributed by atoms with van der Waals surface area (Å²) in [4.78, 5) is 4.07. The number of hydrogen-bond donors (Lipinski definition) is 1. The highest BCUT2D eigenvalue weighted by molar-refractivity contribution is 5.71. The maximum atomic E-state index is 13.1. The number of hydrogen-bond acceptors (Lipinski definition) is 3. The molecule has 3 nitrogen and oxygen atoms in total. The van der Waals surface area contributed by atoms with Gasteiger partial charge in [-0.15, -0.1) is 0 Å². The first-order valence-corrected chi connectivity index (χ1v) is 5.15. The number of aliphatic hydroxyl groups excluding tert-OH is 1. The van der Waals surface area contributed by atoms with Crippen molar-refractivity contribution in [3.05, 3.63) is 47.9 Å². The zero-order valence-electron chi connectivity index (χ0n) is 9.35. The van der Waals surface area contributed by atoms with Crippen molar-refractivity contribution in [2.45, 2.75) is 6.61 Å². The van der Waals surface area contributed by atoms with Gasteiger partial charge in [0.2, 0.25) is 5.88 Å². The zero-order chi connectivity index (χ0) is 12.3. The molecule has 0 saturated heterocycles. The van der Waals surface area contributed by atoms with Crippen molar-refractivity contribution >= 4 is 0 Å². The molecule has 0 spiro atoms. The van der Waals surface area contributed by atoms with Gasteiger partial charge in [0.25, 0.3) is 0 Å². The van der Waals surface area contributed by atoms with E-state index >= 15 is 0 Å². The van der Waals surface area contributed by atoms with Gasteiger partial charge in [-0.2, -0.15) is 0 Å². The van der Waals surface area contributed by atoms with Crippen molar-refractivity contribution in [1.82, 2.24) is 4.98 Å². The van der Waals surface area contributed by atoms with E-state index in [0.717, 1.165) is 11.1 Å². The molecule has 0 aliphatic rings. The summed E-state index contributed by atoms with van der Waals surface area (Å²) in [5, 5.41) is 9.24. The highest BCUT2D eigenvalue weighted by atomic mass is 19.1. The molecule has 17 heavy (non-hydrogen) atoms. The van der Waals surface area contributed by atoms with E-state index in [1.165, 1.54) is 19.2 Å². The lowest BCUT2D eigenvalue weighted by molar-refractivity contribution is 0.281. The number of pyridine rings is 1. The van der Waals surface area contributed by atoms with Crippen LogP contribution in [0.1, 0.15) is 5.56 Å². The second kappa shape index (κ2) is 4.93. The Morgan fingerprint density at radius 2 is 2.12 bits per heavy atom. The van der Waals surface area contributed by atoms with E-state index in [1.54, 1.807) is 18.3 Å². The lowest BCUT2D eigenvalue weighted by Crippen LogP contribution is -1.95. The third-order valence-electron chi connectivity index (χ3n) is 2.49. The smallest absolute Gasteiger partial charge is 0.221 e. The third-order valence-corrected chi connectivity index (χ3v) is 2.49. The predicted molar refractivity (Wildman–Crippen MR) is 62.1 cm³/mol. The highest BCUT2D eigenvalue weighted by Gasteiger charge is 2.11. The van der Waals surface area contributed by atoms with Gasteiger partial charge in [0.15, 0.2) is 0 Å². The van der Waals surface area contributed by atoms with Gasteiger partial charge in [-0.25, -0.2) is 9.37 Å². The van der Waals surface area contributed by atoms with E-state index < -0.39 is 0 Å². The average Bonchev–Trinajstić information content (AvgIpc) is 2.38. The van der Waals surface area contributed by atoms with Crippen LogP contribution in [0, 0.1) is 5.82 Å². The van der Waals surface area contributed by atoms with Crippen LogP contribution >= 0.6 is 0 Å². The van der Waals surface area contributed by atoms with Crippen LogP contribution in [0.5, 0.6) is 5.88 Å². The molecular formula is C13H12FNO2. The number of rotatable bonds is 3. The number of benzene rings is 1. The van der Waals surface area contributed by atoms with Crippen molar-refractivity contribution in [1.29, 1.82) is 0 Å². The van der Waals surface area contributed by atoms with Crippen LogP contribution in [-0.2, 0) is 6.61 Å². The molecule has 88 valence electrons. The van der Waals surface area contributed by atoms with E-state index in [0.29, 0.717) is 11.4 Å². The Morgan fingerprint density at radius 3 is 2.82 bits per heavy atom. The summed E-state index contributed by atoms with van der Waals surface area (Å²) in [6.45, 7) is -0.231. The molecule has 1 heterocycles. The minimum absolute atomic E-state index is 0.231. The number of aliphatic hydroxyl groups is 1. The summed E-state index contributed by atoms with van der Waals surface area (Å²) < 4.78 is 18.2. The average molecular weight is 233 g/mol. The molecule has 1 N–H and O–H groups in total. The quantitative estimate of drug-likeness (QED) is 0.885. The lowest BCUT2D eigenvalue weighted by atomic mass is 10.0. The summed E-state index contributed by atoms with van der Waals surface area (Å²) in [5.74, 6) is 0.0782. The first-order valence-electron chi connectivity index (χ1n) is 5.15. The van der Waals surface area contributed by atoms with Gasteiger partial charge in [0.1, 0.15) is 5.82 Å². The van der Waals surface area contributed by atoms with Crippen LogP contribution in [0.3, 0.4) is 0 Å². The second-order valence-corrected chi connectivity index (χ2v) is 3.52. The Kier molecular flexibility index (Phi) is 3.35. The van der Waals surface area contributed by atoms with E-state index in [4.69, 9.17) is 4.74 Å². The molecule has 0 atom stereocenters. The number of methoxy groups -OCH3 is 1. The van der Waals surface area contributed by atoms with Crippen LogP contribution in [0.15, 0.2) is 36.5 Å². The molecule has 0 fully saturated rings. The topological polar surface area (TPSA) is 42.4 Å². The normalized spacial score (nSPS) is 10.3. The number of ether oxygens (including phenoxy) is 1. The fourth-order valence-corrected chi connectivity index (χ4v) is 1.71. The van der Waals surface area contributed by atoms with Crippen molar-refractivity contribution in [3.63, 3.8) is 0 Å². The minimum Gasteiger partial charge on any atom is -0.481 e. The van der Waals surface area contributed by atoms with Gasteiger partial charge in [-0.05, 0) is 35.4 Å². The van der Waals surface area contributed by atoms with Gasteiger partial charge in [0.05, 0.1) is 13.7 Å². The predicted octanol–water partition coefficient (Wildman–Crippen LogP) is 2.39. The molecule has 2 rings (SSSR count). The number of halogens is 1. The molecule has 0 aliphatic carbocycles. The second-order valence-electron chi connectivity index (χ2n) is 3.52. The standard InChI is InChI=1S/C13H12FNO2/c1-17-13-12(3-2-6-15-13)11-5-4-10(14)7-9(11)8-16/h2-7,16H,8H2,1H3. The zero-order valence-corrected chi connectivity index (χ0v) is 9.35. The Balaban J connectivity index is 2.59. The molecule has 0 bridgehead atoms. The fraction of sp³-hybridized carbons (Fsp3) is 0.154. The molecule has 4 heteroatoms. The van der Waals surface area contributed by atoms with Crippen LogP contribution in [-0.4, -0.2) is 17.2 Å².